The third-order valence-corrected chi connectivity index (χ3v) is 7.22. The van der Waals surface area contributed by atoms with Gasteiger partial charge in [0.2, 0.25) is 21.8 Å². The third kappa shape index (κ3) is 9.12. The predicted octanol–water partition coefficient (Wildman–Crippen LogP) is 4.41. The zero-order valence-corrected chi connectivity index (χ0v) is 24.6. The van der Waals surface area contributed by atoms with E-state index >= 15 is 0 Å². The molecule has 0 heterocycles. The molecule has 0 aromatic heterocycles. The average Bonchev–Trinajstić information content (AvgIpc) is 2.89. The number of nitrogens with one attached hydrogen (secondary N) is 1. The molecule has 3 rings (SSSR count). The average molecular weight is 566 g/mol. The number of amides is 2. The van der Waals surface area contributed by atoms with E-state index in [0.29, 0.717) is 18.0 Å². The largest absolute Gasteiger partial charge is 0.494 e. The van der Waals surface area contributed by atoms with Gasteiger partial charge in [0.1, 0.15) is 18.3 Å². The molecule has 0 aliphatic heterocycles. The molecule has 2 amide bonds. The van der Waals surface area contributed by atoms with E-state index in [1.54, 1.807) is 24.3 Å². The molecule has 214 valence electrons. The van der Waals surface area contributed by atoms with Gasteiger partial charge in [0.05, 0.1) is 18.6 Å². The normalized spacial score (nSPS) is 12.3. The molecule has 1 N–H and O–H groups in total. The van der Waals surface area contributed by atoms with Crippen molar-refractivity contribution in [1.82, 2.24) is 10.2 Å². The number of hydrogen-bond acceptors (Lipinski definition) is 5. The lowest BCUT2D eigenvalue weighted by molar-refractivity contribution is -0.140. The number of sulfonamides is 1. The van der Waals surface area contributed by atoms with Crippen LogP contribution in [0.25, 0.3) is 0 Å². The highest BCUT2D eigenvalue weighted by atomic mass is 32.2. The Morgan fingerprint density at radius 2 is 1.43 bits per heavy atom. The Bertz CT molecular complexity index is 1360. The highest BCUT2D eigenvalue weighted by Crippen LogP contribution is 2.23. The maximum absolute atomic E-state index is 14.1. The molecule has 0 spiro atoms. The number of ether oxygens (including phenoxy) is 1. The standard InChI is InChI=1S/C31H39N3O5S/c1-6-39-27-19-17-26(18-20-27)34(40(5,37)38)23-29(35)33(22-25-15-11-8-12-16-25)28(30(36)32-31(2,3)4)21-24-13-9-7-10-14-24/h7-20,28H,6,21-23H2,1-5H3,(H,32,36)/t28-/m1/s1. The smallest absolute Gasteiger partial charge is 0.244 e. The highest BCUT2D eigenvalue weighted by molar-refractivity contribution is 7.92. The Hall–Kier alpha value is -3.85. The first-order valence-corrected chi connectivity index (χ1v) is 15.1. The van der Waals surface area contributed by atoms with Crippen molar-refractivity contribution < 1.29 is 22.7 Å². The van der Waals surface area contributed by atoms with Crippen molar-refractivity contribution in [1.29, 1.82) is 0 Å². The minimum atomic E-state index is -3.83. The minimum absolute atomic E-state index is 0.135. The van der Waals surface area contributed by atoms with Crippen LogP contribution in [0.5, 0.6) is 5.75 Å². The number of carbonyl (C=O) groups is 2. The summed E-state index contributed by atoms with van der Waals surface area (Å²) in [6.45, 7) is 7.64. The van der Waals surface area contributed by atoms with Gasteiger partial charge < -0.3 is 15.0 Å². The van der Waals surface area contributed by atoms with Crippen molar-refractivity contribution in [3.63, 3.8) is 0 Å². The maximum atomic E-state index is 14.1. The quantitative estimate of drug-likeness (QED) is 0.351. The summed E-state index contributed by atoms with van der Waals surface area (Å²) in [6, 6.07) is 24.5. The minimum Gasteiger partial charge on any atom is -0.494 e. The molecular formula is C31H39N3O5S. The molecule has 40 heavy (non-hydrogen) atoms. The summed E-state index contributed by atoms with van der Waals surface area (Å²) in [5.74, 6) is -0.209. The zero-order chi connectivity index (χ0) is 29.3. The van der Waals surface area contributed by atoms with E-state index in [1.807, 2.05) is 88.4 Å². The monoisotopic (exact) mass is 565 g/mol. The summed E-state index contributed by atoms with van der Waals surface area (Å²) in [5, 5.41) is 3.02. The molecule has 0 fully saturated rings. The van der Waals surface area contributed by atoms with Crippen LogP contribution in [-0.2, 0) is 32.6 Å². The van der Waals surface area contributed by atoms with Gasteiger partial charge in [-0.05, 0) is 63.1 Å². The van der Waals surface area contributed by atoms with Crippen LogP contribution in [0, 0.1) is 0 Å². The third-order valence-electron chi connectivity index (χ3n) is 6.08. The number of rotatable bonds is 12. The lowest BCUT2D eigenvalue weighted by atomic mass is 10.0. The number of benzene rings is 3. The molecule has 1 atom stereocenters. The van der Waals surface area contributed by atoms with Gasteiger partial charge in [-0.1, -0.05) is 60.7 Å². The Morgan fingerprint density at radius 3 is 1.93 bits per heavy atom. The summed E-state index contributed by atoms with van der Waals surface area (Å²) in [4.78, 5) is 29.2. The molecule has 8 nitrogen and oxygen atoms in total. The second-order valence-electron chi connectivity index (χ2n) is 10.6. The van der Waals surface area contributed by atoms with Crippen molar-refractivity contribution in [3.8, 4) is 5.75 Å². The summed E-state index contributed by atoms with van der Waals surface area (Å²) < 4.78 is 32.3. The summed E-state index contributed by atoms with van der Waals surface area (Å²) >= 11 is 0. The van der Waals surface area contributed by atoms with E-state index in [9.17, 15) is 18.0 Å². The second kappa shape index (κ2) is 13.5. The van der Waals surface area contributed by atoms with Gasteiger partial charge >= 0.3 is 0 Å². The van der Waals surface area contributed by atoms with E-state index in [4.69, 9.17) is 4.74 Å². The van der Waals surface area contributed by atoms with Gasteiger partial charge in [0.15, 0.2) is 0 Å². The Kier molecular flexibility index (Phi) is 10.3. The van der Waals surface area contributed by atoms with Crippen molar-refractivity contribution in [3.05, 3.63) is 96.1 Å². The number of anilines is 1. The number of carbonyl (C=O) groups excluding carboxylic acids is 2. The second-order valence-corrected chi connectivity index (χ2v) is 12.6. The molecule has 9 heteroatoms. The van der Waals surface area contributed by atoms with Gasteiger partial charge in [0.25, 0.3) is 0 Å². The van der Waals surface area contributed by atoms with Crippen LogP contribution in [0.4, 0.5) is 5.69 Å². The van der Waals surface area contributed by atoms with Gasteiger partial charge in [-0.2, -0.15) is 0 Å². The summed E-state index contributed by atoms with van der Waals surface area (Å²) in [7, 11) is -3.83. The van der Waals surface area contributed by atoms with Crippen LogP contribution >= 0.6 is 0 Å². The summed E-state index contributed by atoms with van der Waals surface area (Å²) in [6.07, 6.45) is 1.33. The van der Waals surface area contributed by atoms with Gasteiger partial charge in [-0.3, -0.25) is 13.9 Å². The van der Waals surface area contributed by atoms with E-state index in [0.717, 1.165) is 21.7 Å². The van der Waals surface area contributed by atoms with Crippen molar-refractivity contribution in [2.75, 3.05) is 23.7 Å². The van der Waals surface area contributed by atoms with E-state index in [2.05, 4.69) is 5.32 Å². The van der Waals surface area contributed by atoms with Crippen molar-refractivity contribution in [2.24, 2.45) is 0 Å². The van der Waals surface area contributed by atoms with Crippen LogP contribution in [0.2, 0.25) is 0 Å². The zero-order valence-electron chi connectivity index (χ0n) is 23.8. The van der Waals surface area contributed by atoms with E-state index < -0.39 is 34.1 Å². The molecule has 0 radical (unpaired) electrons. The first kappa shape index (κ1) is 30.7. The molecular weight excluding hydrogens is 526 g/mol. The molecule has 0 saturated carbocycles. The van der Waals surface area contributed by atoms with Crippen LogP contribution in [-0.4, -0.2) is 56.1 Å². The van der Waals surface area contributed by atoms with Gasteiger partial charge in [-0.15, -0.1) is 0 Å². The van der Waals surface area contributed by atoms with Gasteiger partial charge in [-0.25, -0.2) is 8.42 Å². The fraction of sp³-hybridized carbons (Fsp3) is 0.355. The topological polar surface area (TPSA) is 96.0 Å². The molecule has 0 bridgehead atoms. The van der Waals surface area contributed by atoms with Crippen LogP contribution < -0.4 is 14.4 Å². The van der Waals surface area contributed by atoms with Crippen LogP contribution in [0.1, 0.15) is 38.8 Å². The maximum Gasteiger partial charge on any atom is 0.244 e. The van der Waals surface area contributed by atoms with E-state index in [-0.39, 0.29) is 18.9 Å². The number of nitrogens with zero attached hydrogens (tertiary/aromatic N) is 2. The van der Waals surface area contributed by atoms with E-state index in [1.165, 1.54) is 4.90 Å². The van der Waals surface area contributed by atoms with Crippen molar-refractivity contribution >= 4 is 27.5 Å². The Morgan fingerprint density at radius 1 is 0.875 bits per heavy atom. The Labute approximate surface area is 238 Å². The molecule has 3 aromatic carbocycles. The lowest BCUT2D eigenvalue weighted by Crippen LogP contribution is -2.56. The van der Waals surface area contributed by atoms with Crippen LogP contribution in [0.15, 0.2) is 84.9 Å². The van der Waals surface area contributed by atoms with Crippen molar-refractivity contribution in [2.45, 2.75) is 52.2 Å². The first-order chi connectivity index (χ1) is 18.9. The summed E-state index contributed by atoms with van der Waals surface area (Å²) in [5.41, 5.74) is 1.50. The van der Waals surface area contributed by atoms with Crippen LogP contribution in [0.3, 0.4) is 0 Å². The van der Waals surface area contributed by atoms with Gasteiger partial charge in [0, 0.05) is 18.5 Å². The number of hydrogen-bond donors (Lipinski definition) is 1. The SMILES string of the molecule is CCOc1ccc(N(CC(=O)N(Cc2ccccc2)[C@H](Cc2ccccc2)C(=O)NC(C)(C)C)S(C)(=O)=O)cc1. The fourth-order valence-corrected chi connectivity index (χ4v) is 5.13. The molecule has 0 aliphatic rings. The lowest BCUT2D eigenvalue weighted by Gasteiger charge is -2.35. The molecule has 0 aliphatic carbocycles. The first-order valence-electron chi connectivity index (χ1n) is 13.3. The Balaban J connectivity index is 2.03. The highest BCUT2D eigenvalue weighted by Gasteiger charge is 2.34. The fourth-order valence-electron chi connectivity index (χ4n) is 4.28. The molecule has 0 saturated heterocycles. The molecule has 0 unspecified atom stereocenters. The predicted molar refractivity (Wildman–Crippen MR) is 159 cm³/mol. The molecule has 3 aromatic rings.